The number of nitrogen functional groups attached to an aromatic ring is 1. The number of carbonyl (C=O) groups excluding carboxylic acids is 1. The quantitative estimate of drug-likeness (QED) is 0.0882. The Morgan fingerprint density at radius 2 is 1.25 bits per heavy atom. The number of nitrogens with two attached hydrogens (primary N) is 1. The Morgan fingerprint density at radius 3 is 1.90 bits per heavy atom. The molecule has 0 saturated heterocycles. The summed E-state index contributed by atoms with van der Waals surface area (Å²) >= 11 is 0. The van der Waals surface area contributed by atoms with E-state index in [1.54, 1.807) is 55.5 Å². The van der Waals surface area contributed by atoms with Gasteiger partial charge in [-0.15, -0.1) is 10.2 Å². The van der Waals surface area contributed by atoms with Gasteiger partial charge in [0.15, 0.2) is 0 Å². The van der Waals surface area contributed by atoms with Gasteiger partial charge in [-0.2, -0.15) is 10.2 Å². The van der Waals surface area contributed by atoms with Gasteiger partial charge >= 0.3 is 59.1 Å². The average molecular weight is 755 g/mol. The fourth-order valence-electron chi connectivity index (χ4n) is 5.05. The third-order valence-corrected chi connectivity index (χ3v) is 9.22. The van der Waals surface area contributed by atoms with Crippen LogP contribution in [0.3, 0.4) is 0 Å². The van der Waals surface area contributed by atoms with Crippen LogP contribution in [0.5, 0.6) is 5.75 Å². The Hall–Kier alpha value is -4.07. The van der Waals surface area contributed by atoms with Crippen molar-refractivity contribution in [3.8, 4) is 5.75 Å². The van der Waals surface area contributed by atoms with Crippen LogP contribution in [-0.2, 0) is 20.2 Å². The largest absolute Gasteiger partial charge is 1.00 e. The Bertz CT molecular complexity index is 2640. The second kappa shape index (κ2) is 16.3. The molecule has 0 spiro atoms. The molecule has 0 heterocycles. The molecule has 0 atom stereocenters. The third-order valence-electron chi connectivity index (χ3n) is 7.57. The van der Waals surface area contributed by atoms with Crippen LogP contribution in [0.15, 0.2) is 133 Å². The topological polar surface area (TPSA) is 239 Å². The van der Waals surface area contributed by atoms with Crippen molar-refractivity contribution in [2.75, 3.05) is 11.1 Å². The minimum atomic E-state index is -4.85. The molecular formula is C34H24N6Na2O8S2. The first-order valence-corrected chi connectivity index (χ1v) is 17.3. The summed E-state index contributed by atoms with van der Waals surface area (Å²) in [5.41, 5.74) is 9.09. The maximum Gasteiger partial charge on any atom is 1.00 e. The zero-order valence-corrected chi connectivity index (χ0v) is 33.4. The predicted octanol–water partition coefficient (Wildman–Crippen LogP) is 1.49. The van der Waals surface area contributed by atoms with Crippen molar-refractivity contribution in [3.05, 3.63) is 114 Å². The molecule has 4 N–H and O–H groups in total. The molecule has 6 aromatic rings. The number of nitrogens with zero attached hydrogens (tertiary/aromatic N) is 4. The van der Waals surface area contributed by atoms with Crippen LogP contribution in [0.1, 0.15) is 15.9 Å². The number of anilines is 2. The molecule has 1 amide bonds. The summed E-state index contributed by atoms with van der Waals surface area (Å²) in [5.74, 6) is -0.722. The normalized spacial score (nSPS) is 11.8. The average Bonchev–Trinajstić information content (AvgIpc) is 3.06. The number of hydrogen-bond acceptors (Lipinski definition) is 13. The van der Waals surface area contributed by atoms with E-state index in [9.17, 15) is 35.8 Å². The van der Waals surface area contributed by atoms with Gasteiger partial charge in [-0.3, -0.25) is 4.79 Å². The van der Waals surface area contributed by atoms with Gasteiger partial charge in [-0.05, 0) is 115 Å². The first kappa shape index (κ1) is 40.7. The number of carbonyl (C=O) groups is 1. The number of amides is 1. The van der Waals surface area contributed by atoms with Gasteiger partial charge < -0.3 is 25.3 Å². The standard InChI is InChI=1S/C34H26N6O8S2.2Na/c1-19-14-23(36-34(42)20-2-4-22(35)5-3-20)7-11-30(19)38-40-31-12-13-32(29-17-25(49(43,44)45)8-10-28(29)31)39-37-24-6-9-27-21(15-24)16-26(18-33(27)41)50(46,47)48;;/h2-18,41H,35H2,1H3,(H,36,42)(H,43,44,45)(H,46,47,48);;/q;2*+1/p-2. The van der Waals surface area contributed by atoms with Crippen LogP contribution in [0.2, 0.25) is 0 Å². The summed E-state index contributed by atoms with van der Waals surface area (Å²) in [4.78, 5) is 11.5. The maximum atomic E-state index is 12.6. The van der Waals surface area contributed by atoms with Crippen LogP contribution in [0.25, 0.3) is 21.5 Å². The monoisotopic (exact) mass is 754 g/mol. The molecule has 0 aliphatic carbocycles. The van der Waals surface area contributed by atoms with E-state index in [1.807, 2.05) is 0 Å². The minimum absolute atomic E-state index is 0. The summed E-state index contributed by atoms with van der Waals surface area (Å²) < 4.78 is 70.2. The summed E-state index contributed by atoms with van der Waals surface area (Å²) in [5, 5.41) is 31.2. The number of rotatable bonds is 8. The Morgan fingerprint density at radius 1 is 0.654 bits per heavy atom. The van der Waals surface area contributed by atoms with Crippen molar-refractivity contribution in [1.29, 1.82) is 0 Å². The van der Waals surface area contributed by atoms with Gasteiger partial charge in [0.25, 0.3) is 5.91 Å². The van der Waals surface area contributed by atoms with E-state index >= 15 is 0 Å². The zero-order chi connectivity index (χ0) is 35.8. The molecular weight excluding hydrogens is 731 g/mol. The van der Waals surface area contributed by atoms with E-state index in [1.165, 1.54) is 30.3 Å². The van der Waals surface area contributed by atoms with Crippen LogP contribution in [-0.4, -0.2) is 37.0 Å². The molecule has 52 heavy (non-hydrogen) atoms. The van der Waals surface area contributed by atoms with Crippen LogP contribution >= 0.6 is 0 Å². The molecule has 6 aromatic carbocycles. The molecule has 0 fully saturated rings. The summed E-state index contributed by atoms with van der Waals surface area (Å²) in [7, 11) is -9.68. The number of phenolic OH excluding ortho intramolecular Hbond substituents is 1. The maximum absolute atomic E-state index is 12.6. The predicted molar refractivity (Wildman–Crippen MR) is 184 cm³/mol. The number of fused-ring (bicyclic) bond motifs is 2. The Balaban J connectivity index is 0.00000302. The SMILES string of the molecule is Cc1cc(NC(=O)c2ccc(N)cc2)ccc1N=Nc1ccc(N=Nc2ccc3c(O)cc(S(=O)(=O)[O-])cc3c2)c2cc(S(=O)(=O)[O-])ccc12.[Na+].[Na+]. The Kier molecular flexibility index (Phi) is 12.8. The van der Waals surface area contributed by atoms with Gasteiger partial charge in [0.05, 0.1) is 32.5 Å². The second-order valence-corrected chi connectivity index (χ2v) is 13.8. The molecule has 18 heteroatoms. The van der Waals surface area contributed by atoms with Gasteiger partial charge in [0.2, 0.25) is 0 Å². The first-order chi connectivity index (χ1) is 23.7. The van der Waals surface area contributed by atoms with Gasteiger partial charge in [-0.25, -0.2) is 16.8 Å². The fourth-order valence-corrected chi connectivity index (χ4v) is 6.07. The number of benzene rings is 6. The molecule has 0 aliphatic heterocycles. The molecule has 6 rings (SSSR count). The van der Waals surface area contributed by atoms with Crippen LogP contribution in [0, 0.1) is 6.92 Å². The van der Waals surface area contributed by atoms with E-state index in [2.05, 4.69) is 25.8 Å². The third kappa shape index (κ3) is 9.28. The number of aryl methyl sites for hydroxylation is 1. The minimum Gasteiger partial charge on any atom is -0.744 e. The van der Waals surface area contributed by atoms with Gasteiger partial charge in [-0.1, -0.05) is 6.07 Å². The van der Waals surface area contributed by atoms with Crippen molar-refractivity contribution in [1.82, 2.24) is 0 Å². The molecule has 0 bridgehead atoms. The zero-order valence-electron chi connectivity index (χ0n) is 27.8. The molecule has 0 aromatic heterocycles. The first-order valence-electron chi connectivity index (χ1n) is 14.5. The van der Waals surface area contributed by atoms with Gasteiger partial charge in [0, 0.05) is 33.1 Å². The van der Waals surface area contributed by atoms with Crippen molar-refractivity contribution in [2.24, 2.45) is 20.5 Å². The fraction of sp³-hybridized carbons (Fsp3) is 0.0294. The summed E-state index contributed by atoms with van der Waals surface area (Å²) in [6.45, 7) is 1.79. The van der Waals surface area contributed by atoms with Gasteiger partial charge in [0.1, 0.15) is 26.0 Å². The van der Waals surface area contributed by atoms with Crippen molar-refractivity contribution in [3.63, 3.8) is 0 Å². The van der Waals surface area contributed by atoms with E-state index in [0.29, 0.717) is 39.3 Å². The molecule has 0 radical (unpaired) electrons. The second-order valence-electron chi connectivity index (χ2n) is 11.0. The molecule has 14 nitrogen and oxygen atoms in total. The smallest absolute Gasteiger partial charge is 0.744 e. The van der Waals surface area contributed by atoms with E-state index in [0.717, 1.165) is 24.3 Å². The van der Waals surface area contributed by atoms with E-state index in [-0.39, 0.29) is 92.6 Å². The number of nitrogens with one attached hydrogen (secondary N) is 1. The Labute approximate surface area is 342 Å². The number of aromatic hydroxyl groups is 1. The van der Waals surface area contributed by atoms with Crippen LogP contribution in [0.4, 0.5) is 34.1 Å². The molecule has 0 unspecified atom stereocenters. The summed E-state index contributed by atoms with van der Waals surface area (Å²) in [6.07, 6.45) is 0. The molecule has 0 saturated carbocycles. The molecule has 0 aliphatic rings. The molecule has 252 valence electrons. The van der Waals surface area contributed by atoms with Crippen molar-refractivity contribution < 1.29 is 95.0 Å². The number of azo groups is 2. The van der Waals surface area contributed by atoms with Crippen LogP contribution < -0.4 is 70.2 Å². The van der Waals surface area contributed by atoms with Crippen molar-refractivity contribution >= 4 is 81.8 Å². The summed E-state index contributed by atoms with van der Waals surface area (Å²) in [6, 6.07) is 24.7. The van der Waals surface area contributed by atoms with Crippen molar-refractivity contribution in [2.45, 2.75) is 16.7 Å². The van der Waals surface area contributed by atoms with E-state index in [4.69, 9.17) is 5.73 Å². The van der Waals surface area contributed by atoms with E-state index < -0.39 is 35.8 Å². The number of phenols is 1. The number of hydrogen-bond donors (Lipinski definition) is 3.